The molecule has 1 amide bonds. The highest BCUT2D eigenvalue weighted by Crippen LogP contribution is 2.75. The van der Waals surface area contributed by atoms with Gasteiger partial charge in [0.25, 0.3) is 0 Å². The number of ketones is 2. The molecule has 2 saturated heterocycles. The Kier molecular flexibility index (Phi) is 13.6. The highest BCUT2D eigenvalue weighted by molar-refractivity contribution is 7.59. The van der Waals surface area contributed by atoms with Gasteiger partial charge in [0.05, 0.1) is 42.2 Å². The fraction of sp³-hybridized carbons (Fsp3) is 0.543. The van der Waals surface area contributed by atoms with E-state index < -0.39 is 30.6 Å². The van der Waals surface area contributed by atoms with E-state index in [0.717, 1.165) is 54.6 Å². The molecular weight excluding hydrogens is 784 g/mol. The molecule has 2 aromatic heterocycles. The molecular formula is C46H59N4O7PS. The molecule has 4 aromatic rings. The molecule has 3 fully saturated rings. The number of nitrogens with zero attached hydrogens (tertiary/aromatic N) is 3. The van der Waals surface area contributed by atoms with Crippen LogP contribution in [0.2, 0.25) is 0 Å². The van der Waals surface area contributed by atoms with Gasteiger partial charge in [-0.3, -0.25) is 18.9 Å². The number of carbonyl (C=O) groups is 3. The SMILES string of the molecule is CCCC(=O)CC1CCCCCCC[C@H]2C[C@@]2(P(=O)(O)Cc2ccccc2)CC(=O)[C@@H]2C[C@@H](Oc3cc(-c4csc(NC(C)C)n4)nc4cc(OC)ccc34)CN2C1=O. The lowest BCUT2D eigenvalue weighted by Crippen LogP contribution is -2.45. The summed E-state index contributed by atoms with van der Waals surface area (Å²) < 4.78 is 27.0. The maximum absolute atomic E-state index is 14.9. The smallest absolute Gasteiger partial charge is 0.226 e. The number of benzene rings is 2. The minimum absolute atomic E-state index is 0.00846. The fourth-order valence-electron chi connectivity index (χ4n) is 9.28. The normalized spacial score (nSPS) is 25.1. The first-order valence-corrected chi connectivity index (χ1v) is 24.2. The minimum atomic E-state index is -3.86. The van der Waals surface area contributed by atoms with Gasteiger partial charge in [0.1, 0.15) is 29.1 Å². The highest BCUT2D eigenvalue weighted by Gasteiger charge is 2.65. The summed E-state index contributed by atoms with van der Waals surface area (Å²) in [5.41, 5.74) is 2.72. The van der Waals surface area contributed by atoms with Crippen molar-refractivity contribution in [2.24, 2.45) is 11.8 Å². The van der Waals surface area contributed by atoms with Crippen molar-refractivity contribution in [2.75, 3.05) is 19.0 Å². The number of rotatable bonds is 13. The van der Waals surface area contributed by atoms with E-state index in [1.807, 2.05) is 66.9 Å². The summed E-state index contributed by atoms with van der Waals surface area (Å²) in [4.78, 5) is 66.1. The topological polar surface area (TPSA) is 148 Å². The third kappa shape index (κ3) is 9.92. The highest BCUT2D eigenvalue weighted by atomic mass is 32.1. The van der Waals surface area contributed by atoms with Gasteiger partial charge < -0.3 is 24.6 Å². The summed E-state index contributed by atoms with van der Waals surface area (Å²) in [5, 5.41) is 5.80. The zero-order valence-corrected chi connectivity index (χ0v) is 36.6. The second-order valence-corrected chi connectivity index (χ2v) is 20.7. The van der Waals surface area contributed by atoms with Gasteiger partial charge >= 0.3 is 0 Å². The Hall–Kier alpha value is -4.12. The van der Waals surface area contributed by atoms with Crippen molar-refractivity contribution in [2.45, 2.75) is 134 Å². The number of ether oxygens (including phenoxy) is 2. The van der Waals surface area contributed by atoms with Crippen molar-refractivity contribution >= 4 is 52.2 Å². The number of methoxy groups -OCH3 is 1. The number of nitrogens with one attached hydrogen (secondary N) is 1. The van der Waals surface area contributed by atoms with Crippen molar-refractivity contribution in [3.05, 3.63) is 65.5 Å². The zero-order valence-electron chi connectivity index (χ0n) is 34.9. The Morgan fingerprint density at radius 1 is 1.03 bits per heavy atom. The Labute approximate surface area is 352 Å². The fourth-order valence-corrected chi connectivity index (χ4v) is 12.8. The number of fused-ring (bicyclic) bond motifs is 3. The molecule has 316 valence electrons. The summed E-state index contributed by atoms with van der Waals surface area (Å²) in [5.74, 6) is 0.250. The lowest BCUT2D eigenvalue weighted by atomic mass is 9.92. The van der Waals surface area contributed by atoms with E-state index in [2.05, 4.69) is 19.2 Å². The maximum atomic E-state index is 14.9. The van der Waals surface area contributed by atoms with Gasteiger partial charge in [-0.25, -0.2) is 9.97 Å². The molecule has 0 spiro atoms. The maximum Gasteiger partial charge on any atom is 0.226 e. The van der Waals surface area contributed by atoms with Crippen LogP contribution in [0, 0.1) is 11.8 Å². The van der Waals surface area contributed by atoms with Gasteiger partial charge in [0.2, 0.25) is 13.3 Å². The number of hydrogen-bond acceptors (Lipinski definition) is 10. The molecule has 59 heavy (non-hydrogen) atoms. The predicted molar refractivity (Wildman–Crippen MR) is 233 cm³/mol. The molecule has 13 heteroatoms. The van der Waals surface area contributed by atoms with Gasteiger partial charge in [-0.1, -0.05) is 69.4 Å². The van der Waals surface area contributed by atoms with E-state index in [4.69, 9.17) is 19.4 Å². The van der Waals surface area contributed by atoms with Crippen molar-refractivity contribution < 1.29 is 33.3 Å². The molecule has 0 radical (unpaired) electrons. The van der Waals surface area contributed by atoms with Crippen LogP contribution in [0.15, 0.2) is 60.0 Å². The Bertz CT molecular complexity index is 2180. The monoisotopic (exact) mass is 842 g/mol. The number of anilines is 1. The molecule has 2 aliphatic heterocycles. The lowest BCUT2D eigenvalue weighted by Gasteiger charge is -2.30. The minimum Gasteiger partial charge on any atom is -0.497 e. The molecule has 7 rings (SSSR count). The lowest BCUT2D eigenvalue weighted by molar-refractivity contribution is -0.142. The van der Waals surface area contributed by atoms with Crippen molar-refractivity contribution in [1.29, 1.82) is 0 Å². The zero-order chi connectivity index (χ0) is 41.7. The summed E-state index contributed by atoms with van der Waals surface area (Å²) in [6, 6.07) is 16.2. The third-order valence-electron chi connectivity index (χ3n) is 12.4. The second kappa shape index (κ2) is 18.7. The molecule has 2 unspecified atom stereocenters. The second-order valence-electron chi connectivity index (χ2n) is 17.2. The van der Waals surface area contributed by atoms with Gasteiger partial charge in [-0.05, 0) is 63.1 Å². The van der Waals surface area contributed by atoms with Gasteiger partial charge in [-0.2, -0.15) is 0 Å². The first kappa shape index (κ1) is 43.0. The Balaban J connectivity index is 1.23. The number of hydrogen-bond donors (Lipinski definition) is 2. The van der Waals surface area contributed by atoms with Crippen molar-refractivity contribution in [1.82, 2.24) is 14.9 Å². The van der Waals surface area contributed by atoms with Crippen LogP contribution in [-0.4, -0.2) is 74.2 Å². The average Bonchev–Trinajstić information content (AvgIpc) is 3.48. The van der Waals surface area contributed by atoms with Crippen molar-refractivity contribution in [3.63, 3.8) is 0 Å². The van der Waals surface area contributed by atoms with Gasteiger partial charge in [0, 0.05) is 60.5 Å². The first-order chi connectivity index (χ1) is 28.4. The van der Waals surface area contributed by atoms with E-state index in [-0.39, 0.29) is 61.4 Å². The van der Waals surface area contributed by atoms with Gasteiger partial charge in [-0.15, -0.1) is 11.3 Å². The van der Waals surface area contributed by atoms with Crippen molar-refractivity contribution in [3.8, 4) is 22.9 Å². The van der Waals surface area contributed by atoms with E-state index in [1.165, 1.54) is 11.3 Å². The van der Waals surface area contributed by atoms with Crippen LogP contribution in [0.4, 0.5) is 5.13 Å². The molecule has 0 bridgehead atoms. The van der Waals surface area contributed by atoms with E-state index in [9.17, 15) is 23.8 Å². The average molecular weight is 843 g/mol. The molecule has 2 aromatic carbocycles. The number of aromatic nitrogens is 2. The summed E-state index contributed by atoms with van der Waals surface area (Å²) in [6.07, 6.45) is 7.44. The Morgan fingerprint density at radius 3 is 2.54 bits per heavy atom. The van der Waals surface area contributed by atoms with Crippen LogP contribution in [0.3, 0.4) is 0 Å². The summed E-state index contributed by atoms with van der Waals surface area (Å²) in [7, 11) is -2.26. The number of Topliss-reactive ketones (excluding diaryl/α,β-unsaturated/α-hetero) is 2. The predicted octanol–water partition coefficient (Wildman–Crippen LogP) is 9.84. The number of amides is 1. The molecule has 11 nitrogen and oxygen atoms in total. The third-order valence-corrected chi connectivity index (χ3v) is 16.1. The largest absolute Gasteiger partial charge is 0.497 e. The molecule has 6 atom stereocenters. The van der Waals surface area contributed by atoms with Gasteiger partial charge in [0.15, 0.2) is 10.9 Å². The summed E-state index contributed by atoms with van der Waals surface area (Å²) in [6.45, 7) is 6.23. The molecule has 1 saturated carbocycles. The number of thiazole rings is 1. The first-order valence-electron chi connectivity index (χ1n) is 21.5. The van der Waals surface area contributed by atoms with E-state index in [1.54, 1.807) is 12.0 Å². The molecule has 2 N–H and O–H groups in total. The van der Waals surface area contributed by atoms with E-state index >= 15 is 0 Å². The van der Waals surface area contributed by atoms with E-state index in [0.29, 0.717) is 54.1 Å². The van der Waals surface area contributed by atoms with Crippen LogP contribution >= 0.6 is 18.7 Å². The van der Waals surface area contributed by atoms with Crippen LogP contribution in [0.1, 0.15) is 110 Å². The molecule has 3 aliphatic rings. The van der Waals surface area contributed by atoms with Crippen LogP contribution in [0.5, 0.6) is 11.5 Å². The van der Waals surface area contributed by atoms with Crippen LogP contribution in [0.25, 0.3) is 22.3 Å². The number of pyridine rings is 1. The van der Waals surface area contributed by atoms with Crippen LogP contribution in [-0.2, 0) is 25.1 Å². The molecule has 4 heterocycles. The quantitative estimate of drug-likeness (QED) is 0.125. The van der Waals surface area contributed by atoms with Crippen LogP contribution < -0.4 is 14.8 Å². The number of carbonyl (C=O) groups excluding carboxylic acids is 3. The Morgan fingerprint density at radius 2 is 1.80 bits per heavy atom. The standard InChI is InChI=1S/C46H59N4O7PS/c1-5-14-34(51)21-32-17-12-7-6-8-13-18-33-25-46(33,58(54,55)28-31-15-10-9-11-16-31)26-42(52)41-23-36(27-50(41)44(32)53)57-43-24-39(40-29-59-45(49-40)47-30(2)3)48-38-22-35(56-4)19-20-37(38)43/h9-11,15-16,19-20,22,24,29-30,32-33,36,41H,5-8,12-14,17-18,21,23,25-28H2,1-4H3,(H,47,49)(H,54,55)/t32?,33-,36+,41-,46+/m0/s1. The summed E-state index contributed by atoms with van der Waals surface area (Å²) >= 11 is 1.49. The molecule has 1 aliphatic carbocycles.